The smallest absolute Gasteiger partial charge is 0.409 e. The number of carbonyl (C=O) groups excluding carboxylic acids is 3. The molecule has 4 rings (SSSR count). The van der Waals surface area contributed by atoms with Crippen LogP contribution in [0.3, 0.4) is 0 Å². The Balaban J connectivity index is 1.43. The highest BCUT2D eigenvalue weighted by Crippen LogP contribution is 2.24. The first kappa shape index (κ1) is 23.0. The molecule has 2 aromatic carbocycles. The lowest BCUT2D eigenvalue weighted by Crippen LogP contribution is -2.48. The molecule has 0 aliphatic carbocycles. The zero-order chi connectivity index (χ0) is 23.9. The van der Waals surface area contributed by atoms with E-state index in [-0.39, 0.29) is 17.9 Å². The molecule has 176 valence electrons. The molecule has 9 nitrogen and oxygen atoms in total. The van der Waals surface area contributed by atoms with Gasteiger partial charge in [-0.15, -0.1) is 0 Å². The summed E-state index contributed by atoms with van der Waals surface area (Å²) in [6.07, 6.45) is 2.29. The number of para-hydroxylation sites is 1. The van der Waals surface area contributed by atoms with Gasteiger partial charge in [0.1, 0.15) is 5.69 Å². The highest BCUT2D eigenvalue weighted by Gasteiger charge is 2.28. The summed E-state index contributed by atoms with van der Waals surface area (Å²) in [4.78, 5) is 39.1. The van der Waals surface area contributed by atoms with Crippen molar-refractivity contribution >= 4 is 17.9 Å². The van der Waals surface area contributed by atoms with Crippen molar-refractivity contribution in [3.63, 3.8) is 0 Å². The molecule has 0 spiro atoms. The summed E-state index contributed by atoms with van der Waals surface area (Å²) in [7, 11) is 0. The topological polar surface area (TPSA) is 106 Å². The number of likely N-dealkylation sites (tertiary alicyclic amines) is 1. The van der Waals surface area contributed by atoms with E-state index in [4.69, 9.17) is 4.74 Å². The van der Waals surface area contributed by atoms with Crippen molar-refractivity contribution in [1.82, 2.24) is 25.5 Å². The molecule has 1 fully saturated rings. The fraction of sp³-hybridized carbons (Fsp3) is 0.280. The predicted molar refractivity (Wildman–Crippen MR) is 126 cm³/mol. The van der Waals surface area contributed by atoms with Crippen molar-refractivity contribution < 1.29 is 19.1 Å². The zero-order valence-corrected chi connectivity index (χ0v) is 18.9. The van der Waals surface area contributed by atoms with Crippen LogP contribution in [0.5, 0.6) is 0 Å². The number of amides is 3. The van der Waals surface area contributed by atoms with Gasteiger partial charge in [0.25, 0.3) is 5.91 Å². The van der Waals surface area contributed by atoms with Crippen molar-refractivity contribution in [1.29, 1.82) is 0 Å². The number of benzene rings is 2. The number of aromatic nitrogens is 2. The summed E-state index contributed by atoms with van der Waals surface area (Å²) in [5.41, 5.74) is 7.53. The number of ether oxygens (including phenoxy) is 1. The minimum Gasteiger partial charge on any atom is -0.450 e. The van der Waals surface area contributed by atoms with Gasteiger partial charge in [0, 0.05) is 30.8 Å². The standard InChI is InChI=1S/C25H27N5O4/c1-2-34-25(33)29-15-13-19(14-16-29)23(31)26-27-24(32)21-17-30(20-11-7-4-8-12-20)28-22(21)18-9-5-3-6-10-18/h3-12,17,19H,2,13-16H2,1H3,(H,26,31)(H,27,32). The lowest BCUT2D eigenvalue weighted by atomic mass is 9.96. The Bertz CT molecular complexity index is 1140. The van der Waals surface area contributed by atoms with Crippen LogP contribution >= 0.6 is 0 Å². The van der Waals surface area contributed by atoms with Crippen molar-refractivity contribution in [2.24, 2.45) is 5.92 Å². The van der Waals surface area contributed by atoms with Gasteiger partial charge in [0.2, 0.25) is 5.91 Å². The molecule has 3 aromatic rings. The molecule has 9 heteroatoms. The maximum atomic E-state index is 13.0. The molecule has 3 amide bonds. The Morgan fingerprint density at radius 2 is 1.62 bits per heavy atom. The first-order valence-corrected chi connectivity index (χ1v) is 11.3. The summed E-state index contributed by atoms with van der Waals surface area (Å²) < 4.78 is 6.65. The molecule has 0 radical (unpaired) electrons. The van der Waals surface area contributed by atoms with Crippen molar-refractivity contribution in [3.05, 3.63) is 72.4 Å². The van der Waals surface area contributed by atoms with Crippen LogP contribution < -0.4 is 10.9 Å². The van der Waals surface area contributed by atoms with Crippen LogP contribution in [0.2, 0.25) is 0 Å². The van der Waals surface area contributed by atoms with Crippen LogP contribution in [0.1, 0.15) is 30.1 Å². The van der Waals surface area contributed by atoms with Crippen LogP contribution in [0, 0.1) is 5.92 Å². The first-order valence-electron chi connectivity index (χ1n) is 11.3. The molecule has 1 saturated heterocycles. The first-order chi connectivity index (χ1) is 16.6. The van der Waals surface area contributed by atoms with E-state index in [9.17, 15) is 14.4 Å². The Hall–Kier alpha value is -4.14. The molecule has 34 heavy (non-hydrogen) atoms. The molecule has 0 saturated carbocycles. The molecular weight excluding hydrogens is 434 g/mol. The molecule has 0 unspecified atom stereocenters. The monoisotopic (exact) mass is 461 g/mol. The SMILES string of the molecule is CCOC(=O)N1CCC(C(=O)NNC(=O)c2cn(-c3ccccc3)nc2-c2ccccc2)CC1. The number of nitrogens with zero attached hydrogens (tertiary/aromatic N) is 3. The van der Waals surface area contributed by atoms with Crippen molar-refractivity contribution in [2.75, 3.05) is 19.7 Å². The number of hydrazine groups is 1. The second-order valence-electron chi connectivity index (χ2n) is 7.94. The number of carbonyl (C=O) groups is 3. The molecule has 0 atom stereocenters. The minimum atomic E-state index is -0.460. The van der Waals surface area contributed by atoms with Crippen LogP contribution in [-0.4, -0.2) is 52.3 Å². The fourth-order valence-corrected chi connectivity index (χ4v) is 3.89. The third kappa shape index (κ3) is 5.25. The van der Waals surface area contributed by atoms with Gasteiger partial charge in [-0.2, -0.15) is 5.10 Å². The third-order valence-corrected chi connectivity index (χ3v) is 5.72. The number of rotatable bonds is 5. The van der Waals surface area contributed by atoms with E-state index in [2.05, 4.69) is 16.0 Å². The lowest BCUT2D eigenvalue weighted by molar-refractivity contribution is -0.127. The predicted octanol–water partition coefficient (Wildman–Crippen LogP) is 3.17. The number of piperidine rings is 1. The quantitative estimate of drug-likeness (QED) is 0.568. The summed E-state index contributed by atoms with van der Waals surface area (Å²) in [6.45, 7) is 2.95. The van der Waals surface area contributed by atoms with E-state index in [0.717, 1.165) is 11.3 Å². The van der Waals surface area contributed by atoms with Crippen LogP contribution in [0.4, 0.5) is 4.79 Å². The number of hydrogen-bond acceptors (Lipinski definition) is 5. The second-order valence-corrected chi connectivity index (χ2v) is 7.94. The molecule has 1 aromatic heterocycles. The molecule has 2 heterocycles. The lowest BCUT2D eigenvalue weighted by Gasteiger charge is -2.30. The zero-order valence-electron chi connectivity index (χ0n) is 18.9. The minimum absolute atomic E-state index is 0.284. The molecule has 1 aliphatic heterocycles. The summed E-state index contributed by atoms with van der Waals surface area (Å²) in [5, 5.41) is 4.62. The van der Waals surface area contributed by atoms with Gasteiger partial charge in [-0.1, -0.05) is 48.5 Å². The molecular formula is C25H27N5O4. The van der Waals surface area contributed by atoms with E-state index in [1.165, 1.54) is 0 Å². The third-order valence-electron chi connectivity index (χ3n) is 5.72. The Morgan fingerprint density at radius 3 is 2.26 bits per heavy atom. The average molecular weight is 462 g/mol. The maximum Gasteiger partial charge on any atom is 0.409 e. The van der Waals surface area contributed by atoms with Gasteiger partial charge < -0.3 is 9.64 Å². The maximum absolute atomic E-state index is 13.0. The Labute approximate surface area is 197 Å². The fourth-order valence-electron chi connectivity index (χ4n) is 3.89. The molecule has 0 bridgehead atoms. The van der Waals surface area contributed by atoms with Gasteiger partial charge in [0.15, 0.2) is 0 Å². The van der Waals surface area contributed by atoms with Gasteiger partial charge >= 0.3 is 6.09 Å². The van der Waals surface area contributed by atoms with Crippen LogP contribution in [0.15, 0.2) is 66.9 Å². The number of hydrogen-bond donors (Lipinski definition) is 2. The van der Waals surface area contributed by atoms with Gasteiger partial charge in [-0.25, -0.2) is 9.48 Å². The number of nitrogens with one attached hydrogen (secondary N) is 2. The van der Waals surface area contributed by atoms with Crippen LogP contribution in [-0.2, 0) is 9.53 Å². The summed E-state index contributed by atoms with van der Waals surface area (Å²) in [5.74, 6) is -1.04. The van der Waals surface area contributed by atoms with E-state index < -0.39 is 5.91 Å². The Morgan fingerprint density at radius 1 is 0.971 bits per heavy atom. The largest absolute Gasteiger partial charge is 0.450 e. The molecule has 1 aliphatic rings. The van der Waals surface area contributed by atoms with E-state index in [1.54, 1.807) is 22.7 Å². The van der Waals surface area contributed by atoms with Crippen molar-refractivity contribution in [3.8, 4) is 16.9 Å². The molecule has 2 N–H and O–H groups in total. The second kappa shape index (κ2) is 10.7. The normalized spacial score (nSPS) is 13.9. The van der Waals surface area contributed by atoms with E-state index in [1.807, 2.05) is 60.7 Å². The van der Waals surface area contributed by atoms with Crippen LogP contribution in [0.25, 0.3) is 16.9 Å². The summed E-state index contributed by atoms with van der Waals surface area (Å²) >= 11 is 0. The van der Waals surface area contributed by atoms with Gasteiger partial charge in [0.05, 0.1) is 17.9 Å². The highest BCUT2D eigenvalue weighted by molar-refractivity contribution is 6.00. The summed E-state index contributed by atoms with van der Waals surface area (Å²) in [6, 6.07) is 18.9. The Kier molecular flexibility index (Phi) is 7.22. The highest BCUT2D eigenvalue weighted by atomic mass is 16.6. The van der Waals surface area contributed by atoms with E-state index >= 15 is 0 Å². The van der Waals surface area contributed by atoms with Gasteiger partial charge in [-0.05, 0) is 31.9 Å². The average Bonchev–Trinajstić information content (AvgIpc) is 3.34. The van der Waals surface area contributed by atoms with Crippen molar-refractivity contribution in [2.45, 2.75) is 19.8 Å². The van der Waals surface area contributed by atoms with E-state index in [0.29, 0.717) is 43.8 Å². The van der Waals surface area contributed by atoms with Gasteiger partial charge in [-0.3, -0.25) is 20.4 Å².